The average Bonchev–Trinajstić information content (AvgIpc) is 2.85. The summed E-state index contributed by atoms with van der Waals surface area (Å²) in [7, 11) is 0. The summed E-state index contributed by atoms with van der Waals surface area (Å²) in [5.41, 5.74) is 0. The van der Waals surface area contributed by atoms with Crippen LogP contribution in [0.3, 0.4) is 0 Å². The van der Waals surface area contributed by atoms with Gasteiger partial charge in [0.15, 0.2) is 0 Å². The fourth-order valence-corrected chi connectivity index (χ4v) is 2.31. The van der Waals surface area contributed by atoms with Crippen LogP contribution in [0.2, 0.25) is 0 Å². The van der Waals surface area contributed by atoms with Crippen molar-refractivity contribution in [2.45, 2.75) is 45.1 Å². The zero-order valence-corrected chi connectivity index (χ0v) is 11.7. The lowest BCUT2D eigenvalue weighted by atomic mass is 10.1. The number of nitrogens with zero attached hydrogens (tertiary/aromatic N) is 1. The highest BCUT2D eigenvalue weighted by Crippen LogP contribution is 2.19. The highest BCUT2D eigenvalue weighted by molar-refractivity contribution is 5.82. The molecule has 0 radical (unpaired) electrons. The first-order valence-corrected chi connectivity index (χ1v) is 6.94. The molecule has 0 saturated carbocycles. The van der Waals surface area contributed by atoms with Crippen LogP contribution in [0, 0.1) is 5.92 Å². The Bertz CT molecular complexity index is 372. The van der Waals surface area contributed by atoms with E-state index in [9.17, 15) is 14.4 Å². The number of urea groups is 1. The Morgan fingerprint density at radius 1 is 1.35 bits per heavy atom. The van der Waals surface area contributed by atoms with E-state index in [1.54, 1.807) is 4.90 Å². The molecule has 0 aromatic rings. The van der Waals surface area contributed by atoms with Crippen molar-refractivity contribution < 1.29 is 24.6 Å². The summed E-state index contributed by atoms with van der Waals surface area (Å²) in [6.07, 6.45) is 2.20. The predicted molar refractivity (Wildman–Crippen MR) is 71.4 cm³/mol. The van der Waals surface area contributed by atoms with Gasteiger partial charge < -0.3 is 20.4 Å². The van der Waals surface area contributed by atoms with Crippen molar-refractivity contribution in [3.63, 3.8) is 0 Å². The van der Waals surface area contributed by atoms with Crippen LogP contribution in [-0.2, 0) is 9.59 Å². The maximum Gasteiger partial charge on any atom is 0.326 e. The number of carboxylic acids is 2. The summed E-state index contributed by atoms with van der Waals surface area (Å²) in [6, 6.07) is -1.40. The minimum absolute atomic E-state index is 0.0960. The first-order chi connectivity index (χ1) is 9.43. The minimum atomic E-state index is -1.13. The van der Waals surface area contributed by atoms with E-state index in [2.05, 4.69) is 12.2 Å². The minimum Gasteiger partial charge on any atom is -0.481 e. The second-order valence-electron chi connectivity index (χ2n) is 5.14. The quantitative estimate of drug-likeness (QED) is 0.650. The van der Waals surface area contributed by atoms with Gasteiger partial charge >= 0.3 is 18.0 Å². The van der Waals surface area contributed by atoms with Gasteiger partial charge in [0.1, 0.15) is 6.04 Å². The molecule has 7 heteroatoms. The van der Waals surface area contributed by atoms with Crippen molar-refractivity contribution in [2.24, 2.45) is 5.92 Å². The monoisotopic (exact) mass is 286 g/mol. The van der Waals surface area contributed by atoms with E-state index in [4.69, 9.17) is 10.2 Å². The Kier molecular flexibility index (Phi) is 6.27. The third-order valence-corrected chi connectivity index (χ3v) is 3.63. The lowest BCUT2D eigenvalue weighted by Crippen LogP contribution is -2.47. The van der Waals surface area contributed by atoms with E-state index in [1.165, 1.54) is 0 Å². The molecule has 0 bridgehead atoms. The number of nitrogens with one attached hydrogen (secondary N) is 1. The first kappa shape index (κ1) is 16.3. The molecule has 1 heterocycles. The molecule has 20 heavy (non-hydrogen) atoms. The lowest BCUT2D eigenvalue weighted by molar-refractivity contribution is -0.140. The highest BCUT2D eigenvalue weighted by atomic mass is 16.4. The van der Waals surface area contributed by atoms with Crippen LogP contribution < -0.4 is 5.32 Å². The van der Waals surface area contributed by atoms with Gasteiger partial charge in [-0.15, -0.1) is 0 Å². The van der Waals surface area contributed by atoms with E-state index in [0.717, 1.165) is 12.8 Å². The topological polar surface area (TPSA) is 107 Å². The molecule has 0 aliphatic carbocycles. The number of carbonyl (C=O) groups is 3. The summed E-state index contributed by atoms with van der Waals surface area (Å²) in [4.78, 5) is 35.1. The third kappa shape index (κ3) is 5.07. The van der Waals surface area contributed by atoms with Crippen LogP contribution >= 0.6 is 0 Å². The summed E-state index contributed by atoms with van der Waals surface area (Å²) >= 11 is 0. The van der Waals surface area contributed by atoms with Crippen molar-refractivity contribution in [3.8, 4) is 0 Å². The van der Waals surface area contributed by atoms with Crippen LogP contribution in [-0.4, -0.2) is 52.2 Å². The molecule has 1 rings (SSSR count). The van der Waals surface area contributed by atoms with Gasteiger partial charge in [-0.2, -0.15) is 0 Å². The van der Waals surface area contributed by atoms with Crippen LogP contribution in [0.25, 0.3) is 0 Å². The third-order valence-electron chi connectivity index (χ3n) is 3.63. The normalized spacial score (nSPS) is 19.6. The summed E-state index contributed by atoms with van der Waals surface area (Å²) < 4.78 is 0. The number of hydrogen-bond donors (Lipinski definition) is 3. The second kappa shape index (κ2) is 7.72. The molecule has 114 valence electrons. The molecule has 1 fully saturated rings. The van der Waals surface area contributed by atoms with Gasteiger partial charge in [-0.1, -0.05) is 13.3 Å². The Hall–Kier alpha value is -1.79. The Labute approximate surface area is 117 Å². The molecule has 0 aromatic heterocycles. The molecule has 1 saturated heterocycles. The molecule has 1 aliphatic heterocycles. The van der Waals surface area contributed by atoms with Crippen LogP contribution in [0.1, 0.15) is 39.0 Å². The van der Waals surface area contributed by atoms with Crippen molar-refractivity contribution in [2.75, 3.05) is 13.1 Å². The number of carboxylic acid groups (broad SMARTS) is 2. The van der Waals surface area contributed by atoms with Gasteiger partial charge in [0.25, 0.3) is 0 Å². The van der Waals surface area contributed by atoms with Crippen LogP contribution in [0.15, 0.2) is 0 Å². The van der Waals surface area contributed by atoms with E-state index in [-0.39, 0.29) is 25.3 Å². The van der Waals surface area contributed by atoms with Gasteiger partial charge in [0.2, 0.25) is 0 Å². The Balaban J connectivity index is 2.43. The van der Waals surface area contributed by atoms with Crippen molar-refractivity contribution in [3.05, 3.63) is 0 Å². The molecule has 1 unspecified atom stereocenters. The van der Waals surface area contributed by atoms with Crippen molar-refractivity contribution in [1.29, 1.82) is 0 Å². The second-order valence-corrected chi connectivity index (χ2v) is 5.14. The summed E-state index contributed by atoms with van der Waals surface area (Å²) in [5.74, 6) is -1.61. The zero-order valence-electron chi connectivity index (χ0n) is 11.7. The van der Waals surface area contributed by atoms with Crippen LogP contribution in [0.4, 0.5) is 4.79 Å². The fraction of sp³-hybridized carbons (Fsp3) is 0.769. The molecular weight excluding hydrogens is 264 g/mol. The van der Waals surface area contributed by atoms with Crippen LogP contribution in [0.5, 0.6) is 0 Å². The molecule has 0 spiro atoms. The van der Waals surface area contributed by atoms with Gasteiger partial charge in [0, 0.05) is 19.5 Å². The average molecular weight is 286 g/mol. The SMILES string of the molecule is CCC1CCN(C(=O)N[C@H](CCCC(=O)O)C(=O)O)C1. The molecule has 2 atom stereocenters. The lowest BCUT2D eigenvalue weighted by Gasteiger charge is -2.21. The number of likely N-dealkylation sites (tertiary alicyclic amines) is 1. The van der Waals surface area contributed by atoms with Crippen molar-refractivity contribution in [1.82, 2.24) is 10.2 Å². The maximum atomic E-state index is 12.0. The maximum absolute atomic E-state index is 12.0. The van der Waals surface area contributed by atoms with Gasteiger partial charge in [-0.3, -0.25) is 4.79 Å². The smallest absolute Gasteiger partial charge is 0.326 e. The number of rotatable bonds is 7. The zero-order chi connectivity index (χ0) is 15.1. The summed E-state index contributed by atoms with van der Waals surface area (Å²) in [5, 5.41) is 20.1. The molecular formula is C13H22N2O5. The fourth-order valence-electron chi connectivity index (χ4n) is 2.31. The number of amides is 2. The van der Waals surface area contributed by atoms with E-state index < -0.39 is 18.0 Å². The molecule has 1 aliphatic rings. The Morgan fingerprint density at radius 3 is 2.55 bits per heavy atom. The molecule has 0 aromatic carbocycles. The summed E-state index contributed by atoms with van der Waals surface area (Å²) in [6.45, 7) is 3.37. The number of hydrogen-bond acceptors (Lipinski definition) is 3. The Morgan fingerprint density at radius 2 is 2.05 bits per heavy atom. The van der Waals surface area contributed by atoms with Gasteiger partial charge in [-0.05, 0) is 25.2 Å². The van der Waals surface area contributed by atoms with Gasteiger partial charge in [-0.25, -0.2) is 9.59 Å². The number of aliphatic carboxylic acids is 2. The van der Waals surface area contributed by atoms with Gasteiger partial charge in [0.05, 0.1) is 0 Å². The largest absolute Gasteiger partial charge is 0.481 e. The number of carbonyl (C=O) groups excluding carboxylic acids is 1. The standard InChI is InChI=1S/C13H22N2O5/c1-2-9-6-7-15(8-9)13(20)14-10(12(18)19)4-3-5-11(16)17/h9-10H,2-8H2,1H3,(H,14,20)(H,16,17)(H,18,19)/t9?,10-/m1/s1. The molecule has 7 nitrogen and oxygen atoms in total. The molecule has 2 amide bonds. The van der Waals surface area contributed by atoms with E-state index in [0.29, 0.717) is 19.0 Å². The first-order valence-electron chi connectivity index (χ1n) is 6.94. The van der Waals surface area contributed by atoms with E-state index in [1.807, 2.05) is 0 Å². The molecule has 3 N–H and O–H groups in total. The van der Waals surface area contributed by atoms with Crippen molar-refractivity contribution >= 4 is 18.0 Å². The highest BCUT2D eigenvalue weighted by Gasteiger charge is 2.28. The van der Waals surface area contributed by atoms with E-state index >= 15 is 0 Å². The predicted octanol–water partition coefficient (Wildman–Crippen LogP) is 1.14.